The molecule has 0 fully saturated rings. The third-order valence-electron chi connectivity index (χ3n) is 5.17. The number of anilines is 2. The van der Waals surface area contributed by atoms with Gasteiger partial charge in [0, 0.05) is 36.1 Å². The fourth-order valence-corrected chi connectivity index (χ4v) is 3.67. The molecule has 0 bridgehead atoms. The van der Waals surface area contributed by atoms with Gasteiger partial charge in [0.25, 0.3) is 5.91 Å². The van der Waals surface area contributed by atoms with E-state index in [9.17, 15) is 4.79 Å². The van der Waals surface area contributed by atoms with Gasteiger partial charge in [-0.3, -0.25) is 4.79 Å². The number of carbonyl (C=O) groups excluding carboxylic acids is 1. The molecule has 0 atom stereocenters. The van der Waals surface area contributed by atoms with Gasteiger partial charge in [0.2, 0.25) is 0 Å². The number of fused-ring (bicyclic) bond motifs is 1. The molecule has 0 spiro atoms. The van der Waals surface area contributed by atoms with E-state index in [1.165, 1.54) is 0 Å². The number of hydrogen-bond acceptors (Lipinski definition) is 6. The number of rotatable bonds is 7. The topological polar surface area (TPSA) is 107 Å². The van der Waals surface area contributed by atoms with Crippen LogP contribution in [0.3, 0.4) is 0 Å². The first-order valence-corrected chi connectivity index (χ1v) is 11.2. The van der Waals surface area contributed by atoms with Crippen LogP contribution in [0.4, 0.5) is 11.5 Å². The van der Waals surface area contributed by atoms with E-state index < -0.39 is 0 Å². The minimum absolute atomic E-state index is 0.134. The average Bonchev–Trinajstić information content (AvgIpc) is 3.19. The second kappa shape index (κ2) is 9.52. The molecule has 0 saturated carbocycles. The summed E-state index contributed by atoms with van der Waals surface area (Å²) in [5, 5.41) is 6.36. The number of nitrogens with two attached hydrogens (primary N) is 1. The van der Waals surface area contributed by atoms with Gasteiger partial charge < -0.3 is 25.7 Å². The van der Waals surface area contributed by atoms with Gasteiger partial charge in [-0.2, -0.15) is 0 Å². The summed E-state index contributed by atoms with van der Waals surface area (Å²) in [6.45, 7) is 9.04. The highest BCUT2D eigenvalue weighted by Crippen LogP contribution is 2.30. The molecular formula is C26H30N6O2. The van der Waals surface area contributed by atoms with Crippen molar-refractivity contribution < 1.29 is 9.53 Å². The highest BCUT2D eigenvalue weighted by atomic mass is 16.5. The first-order chi connectivity index (χ1) is 16.2. The lowest BCUT2D eigenvalue weighted by Crippen LogP contribution is -2.40. The Hall–Kier alpha value is -3.91. The molecule has 4 N–H and O–H groups in total. The number of ether oxygens (including phenoxy) is 1. The Bertz CT molecular complexity index is 1320. The molecule has 8 nitrogen and oxygen atoms in total. The number of aryl methyl sites for hydroxylation is 1. The van der Waals surface area contributed by atoms with Crippen molar-refractivity contribution >= 4 is 28.4 Å². The fourth-order valence-electron chi connectivity index (χ4n) is 3.67. The Labute approximate surface area is 199 Å². The van der Waals surface area contributed by atoms with Gasteiger partial charge in [-0.1, -0.05) is 6.07 Å². The minimum atomic E-state index is -0.311. The third-order valence-corrected chi connectivity index (χ3v) is 5.17. The summed E-state index contributed by atoms with van der Waals surface area (Å²) in [6.07, 6.45) is 3.51. The zero-order valence-corrected chi connectivity index (χ0v) is 19.9. The number of hydrogen-bond donors (Lipinski definition) is 3. The first-order valence-electron chi connectivity index (χ1n) is 11.2. The molecule has 0 unspecified atom stereocenters. The Balaban J connectivity index is 1.53. The first kappa shape index (κ1) is 23.3. The summed E-state index contributed by atoms with van der Waals surface area (Å²) in [5.41, 5.74) is 9.58. The maximum absolute atomic E-state index is 12.5. The molecule has 2 aromatic carbocycles. The van der Waals surface area contributed by atoms with Crippen LogP contribution in [-0.2, 0) is 6.54 Å². The largest absolute Gasteiger partial charge is 0.457 e. The molecule has 34 heavy (non-hydrogen) atoms. The molecule has 0 saturated heterocycles. The van der Waals surface area contributed by atoms with Crippen molar-refractivity contribution in [1.82, 2.24) is 19.9 Å². The van der Waals surface area contributed by atoms with Crippen LogP contribution in [0.25, 0.3) is 11.0 Å². The number of nitrogens with one attached hydrogen (secondary N) is 2. The summed E-state index contributed by atoms with van der Waals surface area (Å²) in [7, 11) is 0. The van der Waals surface area contributed by atoms with Gasteiger partial charge in [0.15, 0.2) is 5.82 Å². The molecule has 8 heteroatoms. The van der Waals surface area contributed by atoms with E-state index in [0.717, 1.165) is 22.3 Å². The van der Waals surface area contributed by atoms with Gasteiger partial charge in [0.1, 0.15) is 23.3 Å². The number of aromatic nitrogens is 3. The van der Waals surface area contributed by atoms with Gasteiger partial charge in [-0.15, -0.1) is 0 Å². The number of benzene rings is 2. The zero-order chi connectivity index (χ0) is 24.3. The standard InChI is InChI=1S/C26H30N6O2/c1-17-14-19(30-24-23-21(28-16-29-24)10-12-32(23)13-11-27)8-9-22(17)34-20-7-5-6-18(15-20)25(33)31-26(2,3)4/h5-10,12,14-16H,11,13,27H2,1-4H3,(H,31,33)(H,28,29,30). The maximum atomic E-state index is 12.5. The van der Waals surface area contributed by atoms with Crippen LogP contribution in [0.5, 0.6) is 11.5 Å². The minimum Gasteiger partial charge on any atom is -0.457 e. The Morgan fingerprint density at radius 2 is 1.94 bits per heavy atom. The third kappa shape index (κ3) is 5.35. The SMILES string of the molecule is Cc1cc(Nc2ncnc3ccn(CCN)c23)ccc1Oc1cccc(C(=O)NC(C)(C)C)c1. The van der Waals surface area contributed by atoms with Crippen LogP contribution in [-0.4, -0.2) is 32.5 Å². The number of amides is 1. The van der Waals surface area contributed by atoms with Crippen molar-refractivity contribution in [2.45, 2.75) is 39.8 Å². The van der Waals surface area contributed by atoms with Crippen LogP contribution < -0.4 is 21.1 Å². The molecule has 0 aliphatic rings. The molecule has 2 heterocycles. The van der Waals surface area contributed by atoms with Crippen molar-refractivity contribution in [3.63, 3.8) is 0 Å². The van der Waals surface area contributed by atoms with E-state index in [1.54, 1.807) is 18.5 Å². The molecule has 0 aliphatic heterocycles. The van der Waals surface area contributed by atoms with Crippen molar-refractivity contribution in [3.8, 4) is 11.5 Å². The molecule has 176 valence electrons. The van der Waals surface area contributed by atoms with Crippen LogP contribution in [0.1, 0.15) is 36.7 Å². The number of nitrogens with zero attached hydrogens (tertiary/aromatic N) is 3. The van der Waals surface area contributed by atoms with E-state index in [2.05, 4.69) is 20.6 Å². The van der Waals surface area contributed by atoms with Crippen molar-refractivity contribution in [1.29, 1.82) is 0 Å². The quantitative estimate of drug-likeness (QED) is 0.368. The normalized spacial score (nSPS) is 11.4. The van der Waals surface area contributed by atoms with Crippen LogP contribution in [0.2, 0.25) is 0 Å². The van der Waals surface area contributed by atoms with Gasteiger partial charge >= 0.3 is 0 Å². The summed E-state index contributed by atoms with van der Waals surface area (Å²) in [4.78, 5) is 21.3. The lowest BCUT2D eigenvalue weighted by Gasteiger charge is -2.20. The van der Waals surface area contributed by atoms with Crippen LogP contribution >= 0.6 is 0 Å². The second-order valence-corrected chi connectivity index (χ2v) is 9.19. The van der Waals surface area contributed by atoms with Gasteiger partial charge in [-0.05, 0) is 75.7 Å². The second-order valence-electron chi connectivity index (χ2n) is 9.19. The summed E-state index contributed by atoms with van der Waals surface area (Å²) < 4.78 is 8.14. The van der Waals surface area contributed by atoms with E-state index in [-0.39, 0.29) is 11.4 Å². The monoisotopic (exact) mass is 458 g/mol. The lowest BCUT2D eigenvalue weighted by molar-refractivity contribution is 0.0919. The smallest absolute Gasteiger partial charge is 0.251 e. The van der Waals surface area contributed by atoms with E-state index in [0.29, 0.717) is 36.0 Å². The molecular weight excluding hydrogens is 428 g/mol. The molecule has 0 aliphatic carbocycles. The predicted molar refractivity (Wildman–Crippen MR) is 135 cm³/mol. The summed E-state index contributed by atoms with van der Waals surface area (Å²) >= 11 is 0. The fraction of sp³-hybridized carbons (Fsp3) is 0.269. The Morgan fingerprint density at radius 3 is 2.68 bits per heavy atom. The average molecular weight is 459 g/mol. The molecule has 4 aromatic rings. The maximum Gasteiger partial charge on any atom is 0.251 e. The van der Waals surface area contributed by atoms with E-state index in [4.69, 9.17) is 10.5 Å². The van der Waals surface area contributed by atoms with Crippen molar-refractivity contribution in [3.05, 3.63) is 72.2 Å². The summed E-state index contributed by atoms with van der Waals surface area (Å²) in [5.74, 6) is 1.89. The zero-order valence-electron chi connectivity index (χ0n) is 19.9. The highest BCUT2D eigenvalue weighted by Gasteiger charge is 2.16. The molecule has 2 aromatic heterocycles. The van der Waals surface area contributed by atoms with E-state index >= 15 is 0 Å². The Kier molecular flexibility index (Phi) is 6.51. The molecule has 4 rings (SSSR count). The van der Waals surface area contributed by atoms with Crippen molar-refractivity contribution in [2.24, 2.45) is 5.73 Å². The van der Waals surface area contributed by atoms with Gasteiger partial charge in [0.05, 0.1) is 5.52 Å². The Morgan fingerprint density at radius 1 is 1.12 bits per heavy atom. The van der Waals surface area contributed by atoms with Crippen LogP contribution in [0, 0.1) is 6.92 Å². The molecule has 1 amide bonds. The van der Waals surface area contributed by atoms with Crippen LogP contribution in [0.15, 0.2) is 61.1 Å². The highest BCUT2D eigenvalue weighted by molar-refractivity contribution is 5.95. The van der Waals surface area contributed by atoms with E-state index in [1.807, 2.05) is 74.9 Å². The van der Waals surface area contributed by atoms with Gasteiger partial charge in [-0.25, -0.2) is 9.97 Å². The lowest BCUT2D eigenvalue weighted by atomic mass is 10.1. The number of carbonyl (C=O) groups is 1. The molecule has 0 radical (unpaired) electrons. The predicted octanol–water partition coefficient (Wildman–Crippen LogP) is 4.76. The van der Waals surface area contributed by atoms with Crippen molar-refractivity contribution in [2.75, 3.05) is 11.9 Å². The summed E-state index contributed by atoms with van der Waals surface area (Å²) in [6, 6.07) is 15.0.